The summed E-state index contributed by atoms with van der Waals surface area (Å²) in [6.07, 6.45) is -4.39. The number of alkyl halides is 3. The predicted octanol–water partition coefficient (Wildman–Crippen LogP) is 3.08. The summed E-state index contributed by atoms with van der Waals surface area (Å²) in [4.78, 5) is 11.8. The first kappa shape index (κ1) is 16.8. The number of anilines is 1. The zero-order valence-corrected chi connectivity index (χ0v) is 12.2. The van der Waals surface area contributed by atoms with Gasteiger partial charge in [-0.05, 0) is 24.6 Å². The maximum Gasteiger partial charge on any atom is 0.411 e. The summed E-state index contributed by atoms with van der Waals surface area (Å²) in [6.45, 7) is -0.305. The van der Waals surface area contributed by atoms with E-state index in [2.05, 4.69) is 20.7 Å². The highest BCUT2D eigenvalue weighted by molar-refractivity contribution is 9.10. The first-order chi connectivity index (χ1) is 9.20. The summed E-state index contributed by atoms with van der Waals surface area (Å²) < 4.78 is 45.2. The van der Waals surface area contributed by atoms with Crippen LogP contribution in [0.25, 0.3) is 0 Å². The van der Waals surface area contributed by atoms with E-state index >= 15 is 0 Å². The van der Waals surface area contributed by atoms with Crippen LogP contribution >= 0.6 is 15.9 Å². The third-order valence-corrected chi connectivity index (χ3v) is 2.82. The molecular weight excluding hydrogens is 343 g/mol. The van der Waals surface area contributed by atoms with Gasteiger partial charge in [0.05, 0.1) is 12.2 Å². The highest BCUT2D eigenvalue weighted by Gasteiger charge is 2.27. The summed E-state index contributed by atoms with van der Waals surface area (Å²) in [5, 5.41) is 0. The zero-order valence-electron chi connectivity index (χ0n) is 10.6. The normalized spacial score (nSPS) is 11.4. The van der Waals surface area contributed by atoms with Crippen molar-refractivity contribution >= 4 is 27.6 Å². The van der Waals surface area contributed by atoms with Crippen molar-refractivity contribution in [2.45, 2.75) is 13.1 Å². The third kappa shape index (κ3) is 5.38. The average molecular weight is 356 g/mol. The van der Waals surface area contributed by atoms with Gasteiger partial charge in [-0.3, -0.25) is 0 Å². The van der Waals surface area contributed by atoms with Crippen molar-refractivity contribution in [2.24, 2.45) is 0 Å². The van der Waals surface area contributed by atoms with Gasteiger partial charge >= 0.3 is 12.1 Å². The second kappa shape index (κ2) is 6.94. The number of carbonyl (C=O) groups is 1. The van der Waals surface area contributed by atoms with E-state index in [1.807, 2.05) is 0 Å². The number of rotatable bonds is 5. The maximum absolute atomic E-state index is 11.8. The number of hydrogen-bond donors (Lipinski definition) is 1. The molecule has 0 saturated carbocycles. The van der Waals surface area contributed by atoms with Crippen LogP contribution in [-0.2, 0) is 9.47 Å². The van der Waals surface area contributed by atoms with Crippen LogP contribution in [0.2, 0.25) is 0 Å². The van der Waals surface area contributed by atoms with Crippen molar-refractivity contribution in [3.63, 3.8) is 0 Å². The molecule has 20 heavy (non-hydrogen) atoms. The van der Waals surface area contributed by atoms with Crippen molar-refractivity contribution < 1.29 is 27.4 Å². The van der Waals surface area contributed by atoms with Gasteiger partial charge in [0.25, 0.3) is 0 Å². The Morgan fingerprint density at radius 1 is 1.35 bits per heavy atom. The molecule has 1 aromatic carbocycles. The largest absolute Gasteiger partial charge is 0.460 e. The van der Waals surface area contributed by atoms with E-state index in [9.17, 15) is 18.0 Å². The lowest BCUT2D eigenvalue weighted by Crippen LogP contribution is -2.20. The lowest BCUT2D eigenvalue weighted by atomic mass is 10.1. The molecule has 0 heterocycles. The standard InChI is InChI=1S/C12H13BrF3NO3/c1-7-9(4-8(13)5-10(7)17)11(18)20-3-2-19-6-12(14,15)16/h4-5H,2-3,6,17H2,1H3. The van der Waals surface area contributed by atoms with Gasteiger partial charge < -0.3 is 15.2 Å². The fraction of sp³-hybridized carbons (Fsp3) is 0.417. The molecule has 0 amide bonds. The summed E-state index contributed by atoms with van der Waals surface area (Å²) in [7, 11) is 0. The fourth-order valence-electron chi connectivity index (χ4n) is 1.37. The molecule has 2 N–H and O–H groups in total. The van der Waals surface area contributed by atoms with E-state index < -0.39 is 18.8 Å². The Kier molecular flexibility index (Phi) is 5.82. The average Bonchev–Trinajstić information content (AvgIpc) is 2.31. The number of carbonyl (C=O) groups excluding carboxylic acids is 1. The van der Waals surface area contributed by atoms with Crippen molar-refractivity contribution in [1.29, 1.82) is 0 Å². The van der Waals surface area contributed by atoms with Gasteiger partial charge in [-0.2, -0.15) is 13.2 Å². The van der Waals surface area contributed by atoms with Gasteiger partial charge in [0, 0.05) is 10.2 Å². The third-order valence-electron chi connectivity index (χ3n) is 2.36. The fourth-order valence-corrected chi connectivity index (χ4v) is 1.85. The van der Waals surface area contributed by atoms with E-state index in [-0.39, 0.29) is 18.8 Å². The minimum Gasteiger partial charge on any atom is -0.460 e. The quantitative estimate of drug-likeness (QED) is 0.500. The predicted molar refractivity (Wildman–Crippen MR) is 70.4 cm³/mol. The lowest BCUT2D eigenvalue weighted by Gasteiger charge is -2.10. The van der Waals surface area contributed by atoms with Crippen LogP contribution in [0.3, 0.4) is 0 Å². The molecule has 0 spiro atoms. The molecule has 1 aromatic rings. The van der Waals surface area contributed by atoms with Crippen LogP contribution in [0.5, 0.6) is 0 Å². The number of halogens is 4. The molecule has 0 aromatic heterocycles. The van der Waals surface area contributed by atoms with E-state index in [4.69, 9.17) is 10.5 Å². The molecule has 112 valence electrons. The number of ether oxygens (including phenoxy) is 2. The molecule has 4 nitrogen and oxygen atoms in total. The second-order valence-corrected chi connectivity index (χ2v) is 4.89. The molecular formula is C12H13BrF3NO3. The highest BCUT2D eigenvalue weighted by Crippen LogP contribution is 2.23. The number of esters is 1. The molecule has 0 aliphatic heterocycles. The van der Waals surface area contributed by atoms with Gasteiger partial charge in [-0.1, -0.05) is 15.9 Å². The second-order valence-electron chi connectivity index (χ2n) is 3.97. The van der Waals surface area contributed by atoms with Crippen LogP contribution in [0, 0.1) is 6.92 Å². The van der Waals surface area contributed by atoms with Crippen LogP contribution < -0.4 is 5.73 Å². The number of nitrogens with two attached hydrogens (primary N) is 1. The van der Waals surface area contributed by atoms with E-state index in [0.717, 1.165) is 0 Å². The molecule has 0 bridgehead atoms. The van der Waals surface area contributed by atoms with Gasteiger partial charge in [-0.15, -0.1) is 0 Å². The number of benzene rings is 1. The summed E-state index contributed by atoms with van der Waals surface area (Å²) in [5.74, 6) is -0.661. The highest BCUT2D eigenvalue weighted by atomic mass is 79.9. The maximum atomic E-state index is 11.8. The molecule has 0 atom stereocenters. The van der Waals surface area contributed by atoms with E-state index in [1.165, 1.54) is 6.07 Å². The summed E-state index contributed by atoms with van der Waals surface area (Å²) in [5.41, 5.74) is 6.92. The minimum absolute atomic E-state index is 0.257. The van der Waals surface area contributed by atoms with Gasteiger partial charge in [0.1, 0.15) is 13.2 Å². The monoisotopic (exact) mass is 355 g/mol. The topological polar surface area (TPSA) is 61.6 Å². The van der Waals surface area contributed by atoms with Crippen LogP contribution in [-0.4, -0.2) is 32.0 Å². The Morgan fingerprint density at radius 3 is 2.60 bits per heavy atom. The van der Waals surface area contributed by atoms with Crippen molar-refractivity contribution in [3.05, 3.63) is 27.7 Å². The smallest absolute Gasteiger partial charge is 0.411 e. The Hall–Kier alpha value is -1.28. The summed E-state index contributed by atoms with van der Waals surface area (Å²) in [6, 6.07) is 3.17. The molecule has 0 saturated heterocycles. The number of hydrogen-bond acceptors (Lipinski definition) is 4. The van der Waals surface area contributed by atoms with Crippen molar-refractivity contribution in [2.75, 3.05) is 25.6 Å². The Morgan fingerprint density at radius 2 is 2.00 bits per heavy atom. The SMILES string of the molecule is Cc1c(N)cc(Br)cc1C(=O)OCCOCC(F)(F)F. The van der Waals surface area contributed by atoms with Crippen molar-refractivity contribution in [1.82, 2.24) is 0 Å². The Bertz CT molecular complexity index is 492. The molecule has 0 unspecified atom stereocenters. The first-order valence-corrected chi connectivity index (χ1v) is 6.37. The van der Waals surface area contributed by atoms with E-state index in [0.29, 0.717) is 15.7 Å². The van der Waals surface area contributed by atoms with Gasteiger partial charge in [-0.25, -0.2) is 4.79 Å². The Balaban J connectivity index is 2.48. The molecule has 1 rings (SSSR count). The van der Waals surface area contributed by atoms with E-state index in [1.54, 1.807) is 13.0 Å². The lowest BCUT2D eigenvalue weighted by molar-refractivity contribution is -0.175. The molecule has 0 fully saturated rings. The van der Waals surface area contributed by atoms with Gasteiger partial charge in [0.15, 0.2) is 0 Å². The molecule has 0 aliphatic carbocycles. The number of nitrogen functional groups attached to an aromatic ring is 1. The van der Waals surface area contributed by atoms with Gasteiger partial charge in [0.2, 0.25) is 0 Å². The zero-order chi connectivity index (χ0) is 15.3. The van der Waals surface area contributed by atoms with Crippen LogP contribution in [0.15, 0.2) is 16.6 Å². The Labute approximate surface area is 122 Å². The molecule has 8 heteroatoms. The van der Waals surface area contributed by atoms with Crippen LogP contribution in [0.4, 0.5) is 18.9 Å². The molecule has 0 radical (unpaired) electrons. The minimum atomic E-state index is -4.39. The first-order valence-electron chi connectivity index (χ1n) is 5.58. The molecule has 0 aliphatic rings. The summed E-state index contributed by atoms with van der Waals surface area (Å²) >= 11 is 3.19. The van der Waals surface area contributed by atoms with Crippen molar-refractivity contribution in [3.8, 4) is 0 Å². The van der Waals surface area contributed by atoms with Crippen LogP contribution in [0.1, 0.15) is 15.9 Å².